The first-order chi connectivity index (χ1) is 9.92. The van der Waals surface area contributed by atoms with Crippen LogP contribution in [0.5, 0.6) is 0 Å². The Balaban J connectivity index is 1.44. The van der Waals surface area contributed by atoms with Crippen LogP contribution in [0.4, 0.5) is 0 Å². The summed E-state index contributed by atoms with van der Waals surface area (Å²) >= 11 is 0. The zero-order valence-corrected chi connectivity index (χ0v) is 11.9. The molecule has 2 aliphatic heterocycles. The lowest BCUT2D eigenvalue weighted by Crippen LogP contribution is -2.30. The second-order valence-electron chi connectivity index (χ2n) is 5.56. The molecule has 0 unspecified atom stereocenters. The van der Waals surface area contributed by atoms with E-state index in [1.807, 2.05) is 18.2 Å². The molecule has 0 spiro atoms. The minimum atomic E-state index is -0.0406. The van der Waals surface area contributed by atoms with E-state index < -0.39 is 0 Å². The third kappa shape index (κ3) is 3.58. The minimum absolute atomic E-state index is 0.0406. The molecular formula is C16H23N3O. The molecule has 4 nitrogen and oxygen atoms in total. The average molecular weight is 273 g/mol. The average Bonchev–Trinajstić information content (AvgIpc) is 2.98. The molecule has 0 saturated carbocycles. The molecule has 1 atom stereocenters. The molecule has 0 amide bonds. The highest BCUT2D eigenvalue weighted by atomic mass is 16.7. The van der Waals surface area contributed by atoms with E-state index in [0.29, 0.717) is 0 Å². The van der Waals surface area contributed by atoms with Crippen LogP contribution in [0.1, 0.15) is 43.8 Å². The normalized spacial score (nSPS) is 23.4. The first-order valence-electron chi connectivity index (χ1n) is 7.68. The number of hydrogen-bond donors (Lipinski definition) is 1. The van der Waals surface area contributed by atoms with Gasteiger partial charge >= 0.3 is 0 Å². The lowest BCUT2D eigenvalue weighted by atomic mass is 10.1. The predicted octanol–water partition coefficient (Wildman–Crippen LogP) is 2.88. The van der Waals surface area contributed by atoms with Gasteiger partial charge in [-0.25, -0.2) is 4.99 Å². The van der Waals surface area contributed by atoms with Gasteiger partial charge in [0.25, 0.3) is 0 Å². The molecule has 0 aromatic heterocycles. The highest BCUT2D eigenvalue weighted by Crippen LogP contribution is 2.20. The monoisotopic (exact) mass is 273 g/mol. The van der Waals surface area contributed by atoms with Crippen molar-refractivity contribution in [3.63, 3.8) is 0 Å². The van der Waals surface area contributed by atoms with Gasteiger partial charge in [0.05, 0.1) is 0 Å². The Morgan fingerprint density at radius 3 is 2.75 bits per heavy atom. The zero-order chi connectivity index (χ0) is 13.6. The molecule has 2 aliphatic rings. The number of piperidine rings is 1. The highest BCUT2D eigenvalue weighted by Gasteiger charge is 2.19. The van der Waals surface area contributed by atoms with Gasteiger partial charge in [-0.15, -0.1) is 5.48 Å². The van der Waals surface area contributed by atoms with E-state index in [9.17, 15) is 0 Å². The summed E-state index contributed by atoms with van der Waals surface area (Å²) in [6.45, 7) is 3.69. The van der Waals surface area contributed by atoms with E-state index in [1.165, 1.54) is 38.9 Å². The number of aliphatic imine (C=N–C) groups is 1. The Bertz CT molecular complexity index is 440. The van der Waals surface area contributed by atoms with Crippen molar-refractivity contribution in [2.75, 3.05) is 19.6 Å². The molecule has 1 fully saturated rings. The molecule has 108 valence electrons. The predicted molar refractivity (Wildman–Crippen MR) is 80.4 cm³/mol. The fraction of sp³-hybridized carbons (Fsp3) is 0.562. The molecule has 1 aromatic carbocycles. The summed E-state index contributed by atoms with van der Waals surface area (Å²) in [6.07, 6.45) is 6.12. The molecule has 3 rings (SSSR count). The SMILES string of the molecule is c1ccc([C@H]2N=C(CCCN3CCCCC3)ON2)cc1. The maximum Gasteiger partial charge on any atom is 0.211 e. The van der Waals surface area contributed by atoms with E-state index in [4.69, 9.17) is 4.84 Å². The first-order valence-corrected chi connectivity index (χ1v) is 7.68. The molecule has 1 aromatic rings. The van der Waals surface area contributed by atoms with Crippen molar-refractivity contribution in [1.82, 2.24) is 10.4 Å². The third-order valence-corrected chi connectivity index (χ3v) is 3.99. The zero-order valence-electron chi connectivity index (χ0n) is 11.9. The molecule has 4 heteroatoms. The molecule has 0 bridgehead atoms. The minimum Gasteiger partial charge on any atom is -0.391 e. The van der Waals surface area contributed by atoms with Gasteiger partial charge in [-0.1, -0.05) is 36.8 Å². The Morgan fingerprint density at radius 2 is 1.95 bits per heavy atom. The van der Waals surface area contributed by atoms with Gasteiger partial charge in [0.2, 0.25) is 5.90 Å². The van der Waals surface area contributed by atoms with Gasteiger partial charge in [-0.3, -0.25) is 0 Å². The van der Waals surface area contributed by atoms with Crippen molar-refractivity contribution >= 4 is 5.90 Å². The van der Waals surface area contributed by atoms with Crippen LogP contribution in [0.3, 0.4) is 0 Å². The second kappa shape index (κ2) is 6.86. The molecule has 1 saturated heterocycles. The van der Waals surface area contributed by atoms with Crippen LogP contribution in [0.15, 0.2) is 35.3 Å². The van der Waals surface area contributed by atoms with Gasteiger partial charge in [0.15, 0.2) is 6.17 Å². The number of rotatable bonds is 5. The smallest absolute Gasteiger partial charge is 0.211 e. The standard InChI is InChI=1S/C16H23N3O/c1-3-8-14(9-4-1)16-17-15(20-18-16)10-7-13-19-11-5-2-6-12-19/h1,3-4,8-9,16,18H,2,5-7,10-13H2/t16-/m0/s1. The number of hydrogen-bond acceptors (Lipinski definition) is 4. The third-order valence-electron chi connectivity index (χ3n) is 3.99. The van der Waals surface area contributed by atoms with Crippen molar-refractivity contribution in [2.24, 2.45) is 4.99 Å². The van der Waals surface area contributed by atoms with E-state index in [1.54, 1.807) is 0 Å². The number of benzene rings is 1. The van der Waals surface area contributed by atoms with Crippen molar-refractivity contribution in [3.8, 4) is 0 Å². The van der Waals surface area contributed by atoms with Gasteiger partial charge in [0, 0.05) is 6.42 Å². The molecule has 2 heterocycles. The van der Waals surface area contributed by atoms with E-state index in [2.05, 4.69) is 27.5 Å². The number of likely N-dealkylation sites (tertiary alicyclic amines) is 1. The molecule has 20 heavy (non-hydrogen) atoms. The fourth-order valence-corrected chi connectivity index (χ4v) is 2.85. The van der Waals surface area contributed by atoms with Gasteiger partial charge in [-0.2, -0.15) is 0 Å². The van der Waals surface area contributed by atoms with Crippen LogP contribution < -0.4 is 5.48 Å². The Kier molecular flexibility index (Phi) is 4.66. The van der Waals surface area contributed by atoms with Crippen LogP contribution in [0, 0.1) is 0 Å². The van der Waals surface area contributed by atoms with Gasteiger partial charge in [0.1, 0.15) is 0 Å². The molecule has 0 radical (unpaired) electrons. The molecular weight excluding hydrogens is 250 g/mol. The molecule has 0 aliphatic carbocycles. The van der Waals surface area contributed by atoms with Crippen molar-refractivity contribution in [1.29, 1.82) is 0 Å². The maximum absolute atomic E-state index is 5.49. The maximum atomic E-state index is 5.49. The summed E-state index contributed by atoms with van der Waals surface area (Å²) in [6, 6.07) is 10.2. The van der Waals surface area contributed by atoms with Crippen LogP contribution in [0.2, 0.25) is 0 Å². The Morgan fingerprint density at radius 1 is 1.15 bits per heavy atom. The topological polar surface area (TPSA) is 36.9 Å². The lowest BCUT2D eigenvalue weighted by Gasteiger charge is -2.26. The summed E-state index contributed by atoms with van der Waals surface area (Å²) in [5.41, 5.74) is 4.15. The van der Waals surface area contributed by atoms with Crippen molar-refractivity contribution in [3.05, 3.63) is 35.9 Å². The van der Waals surface area contributed by atoms with Crippen molar-refractivity contribution < 1.29 is 4.84 Å². The first kappa shape index (κ1) is 13.6. The fourth-order valence-electron chi connectivity index (χ4n) is 2.85. The van der Waals surface area contributed by atoms with E-state index in [-0.39, 0.29) is 6.17 Å². The Labute approximate surface area is 120 Å². The van der Waals surface area contributed by atoms with Gasteiger partial charge < -0.3 is 9.74 Å². The lowest BCUT2D eigenvalue weighted by molar-refractivity contribution is 0.172. The quantitative estimate of drug-likeness (QED) is 0.896. The van der Waals surface area contributed by atoms with Crippen LogP contribution in [-0.4, -0.2) is 30.4 Å². The largest absolute Gasteiger partial charge is 0.391 e. The molecule has 1 N–H and O–H groups in total. The summed E-state index contributed by atoms with van der Waals surface area (Å²) in [4.78, 5) is 12.7. The van der Waals surface area contributed by atoms with Crippen LogP contribution in [0.25, 0.3) is 0 Å². The second-order valence-corrected chi connectivity index (χ2v) is 5.56. The number of nitrogens with one attached hydrogen (secondary N) is 1. The Hall–Kier alpha value is -1.39. The summed E-state index contributed by atoms with van der Waals surface area (Å²) in [5.74, 6) is 0.843. The number of nitrogens with zero attached hydrogens (tertiary/aromatic N) is 2. The summed E-state index contributed by atoms with van der Waals surface area (Å²) in [5, 5.41) is 0. The van der Waals surface area contributed by atoms with Crippen LogP contribution in [-0.2, 0) is 4.84 Å². The number of hydroxylamine groups is 1. The highest BCUT2D eigenvalue weighted by molar-refractivity contribution is 5.77. The van der Waals surface area contributed by atoms with Crippen molar-refractivity contribution in [2.45, 2.75) is 38.3 Å². The van der Waals surface area contributed by atoms with E-state index >= 15 is 0 Å². The van der Waals surface area contributed by atoms with Crippen LogP contribution >= 0.6 is 0 Å². The van der Waals surface area contributed by atoms with E-state index in [0.717, 1.165) is 24.3 Å². The summed E-state index contributed by atoms with van der Waals surface area (Å²) < 4.78 is 0. The summed E-state index contributed by atoms with van der Waals surface area (Å²) in [7, 11) is 0. The van der Waals surface area contributed by atoms with Gasteiger partial charge in [-0.05, 0) is 44.5 Å².